The minimum Gasteiger partial charge on any atom is -0.375 e. The molecule has 3 rings (SSSR count). The van der Waals surface area contributed by atoms with Crippen LogP contribution in [0.2, 0.25) is 0 Å². The van der Waals surface area contributed by atoms with Crippen molar-refractivity contribution in [3.8, 4) is 0 Å². The fourth-order valence-corrected chi connectivity index (χ4v) is 3.92. The number of hydrogen-bond acceptors (Lipinski definition) is 1. The number of benzene rings is 2. The molecule has 0 aromatic heterocycles. The number of likely N-dealkylation sites (tertiary alicyclic amines) is 1. The Kier molecular flexibility index (Phi) is 4.63. The van der Waals surface area contributed by atoms with Gasteiger partial charge in [-0.05, 0) is 49.9 Å². The number of hydrogen-bond donors (Lipinski definition) is 0. The summed E-state index contributed by atoms with van der Waals surface area (Å²) in [6, 6.07) is 18.0. The highest BCUT2D eigenvalue weighted by atomic mass is 79.9. The molecule has 1 heterocycles. The van der Waals surface area contributed by atoms with Gasteiger partial charge in [0.05, 0.1) is 0 Å². The number of piperidine rings is 1. The van der Waals surface area contributed by atoms with Crippen molar-refractivity contribution in [3.63, 3.8) is 0 Å². The van der Waals surface area contributed by atoms with Gasteiger partial charge in [-0.2, -0.15) is 0 Å². The third-order valence-electron chi connectivity index (χ3n) is 5.16. The van der Waals surface area contributed by atoms with E-state index in [0.29, 0.717) is 0 Å². The van der Waals surface area contributed by atoms with Gasteiger partial charge in [-0.15, -0.1) is 0 Å². The summed E-state index contributed by atoms with van der Waals surface area (Å²) in [4.78, 5) is 2.41. The number of halogens is 1. The average molecular weight is 370 g/mol. The molecule has 0 atom stereocenters. The molecule has 0 amide bonds. The first kappa shape index (κ1) is 16.3. The predicted octanol–water partition coefficient (Wildman–Crippen LogP) is 5.67. The van der Waals surface area contributed by atoms with E-state index in [1.807, 2.05) is 0 Å². The van der Waals surface area contributed by atoms with E-state index in [1.165, 1.54) is 22.4 Å². The molecule has 0 unspecified atom stereocenters. The lowest BCUT2D eigenvalue weighted by atomic mass is 9.68. The van der Waals surface area contributed by atoms with Gasteiger partial charge >= 0.3 is 0 Å². The van der Waals surface area contributed by atoms with Gasteiger partial charge in [0.1, 0.15) is 0 Å². The van der Waals surface area contributed by atoms with Crippen molar-refractivity contribution in [2.75, 3.05) is 13.1 Å². The Morgan fingerprint density at radius 1 is 0.957 bits per heavy atom. The molecule has 0 bridgehead atoms. The SMILES string of the molecule is C=C(C)N1CCC(c2ccc(C)cc2)(c2ccc(Br)cc2)CC1. The molecule has 0 saturated carbocycles. The van der Waals surface area contributed by atoms with Crippen LogP contribution in [-0.4, -0.2) is 18.0 Å². The first-order valence-electron chi connectivity index (χ1n) is 8.25. The van der Waals surface area contributed by atoms with Crippen molar-refractivity contribution < 1.29 is 0 Å². The zero-order chi connectivity index (χ0) is 16.4. The highest BCUT2D eigenvalue weighted by Crippen LogP contribution is 2.42. The molecular formula is C21H24BrN. The maximum atomic E-state index is 4.11. The van der Waals surface area contributed by atoms with Crippen LogP contribution in [0.4, 0.5) is 0 Å². The lowest BCUT2D eigenvalue weighted by molar-refractivity contribution is 0.221. The minimum absolute atomic E-state index is 0.111. The summed E-state index contributed by atoms with van der Waals surface area (Å²) >= 11 is 3.56. The highest BCUT2D eigenvalue weighted by molar-refractivity contribution is 9.10. The van der Waals surface area contributed by atoms with E-state index in [1.54, 1.807) is 0 Å². The summed E-state index contributed by atoms with van der Waals surface area (Å²) in [6.45, 7) is 10.5. The first-order valence-corrected chi connectivity index (χ1v) is 9.04. The normalized spacial score (nSPS) is 17.1. The zero-order valence-electron chi connectivity index (χ0n) is 14.0. The smallest absolute Gasteiger partial charge is 0.0236 e. The van der Waals surface area contributed by atoms with Crippen molar-refractivity contribution in [1.82, 2.24) is 4.90 Å². The standard InChI is InChI=1S/C21H24BrN/c1-16(2)23-14-12-21(13-15-23,18-6-4-17(3)5-7-18)19-8-10-20(22)11-9-19/h4-11H,1,12-15H2,2-3H3. The van der Waals surface area contributed by atoms with E-state index < -0.39 is 0 Å². The van der Waals surface area contributed by atoms with Gasteiger partial charge in [0.25, 0.3) is 0 Å². The van der Waals surface area contributed by atoms with Crippen LogP contribution in [0.5, 0.6) is 0 Å². The van der Waals surface area contributed by atoms with Gasteiger partial charge in [-0.3, -0.25) is 0 Å². The minimum atomic E-state index is 0.111. The van der Waals surface area contributed by atoms with Crippen LogP contribution in [0.3, 0.4) is 0 Å². The van der Waals surface area contributed by atoms with Crippen LogP contribution in [0.25, 0.3) is 0 Å². The van der Waals surface area contributed by atoms with E-state index in [9.17, 15) is 0 Å². The molecule has 0 radical (unpaired) electrons. The van der Waals surface area contributed by atoms with Crippen molar-refractivity contribution in [2.24, 2.45) is 0 Å². The summed E-state index contributed by atoms with van der Waals surface area (Å²) in [5, 5.41) is 0. The summed E-state index contributed by atoms with van der Waals surface area (Å²) < 4.78 is 1.14. The molecule has 1 aliphatic rings. The highest BCUT2D eigenvalue weighted by Gasteiger charge is 2.37. The molecule has 23 heavy (non-hydrogen) atoms. The molecule has 2 heteroatoms. The van der Waals surface area contributed by atoms with Crippen molar-refractivity contribution in [2.45, 2.75) is 32.1 Å². The molecule has 1 fully saturated rings. The predicted molar refractivity (Wildman–Crippen MR) is 102 cm³/mol. The molecule has 0 spiro atoms. The summed E-state index contributed by atoms with van der Waals surface area (Å²) in [6.07, 6.45) is 2.26. The molecular weight excluding hydrogens is 346 g/mol. The molecule has 2 aromatic carbocycles. The van der Waals surface area contributed by atoms with Crippen LogP contribution < -0.4 is 0 Å². The maximum Gasteiger partial charge on any atom is 0.0236 e. The summed E-state index contributed by atoms with van der Waals surface area (Å²) in [5.74, 6) is 0. The second kappa shape index (κ2) is 6.52. The Morgan fingerprint density at radius 2 is 1.43 bits per heavy atom. The van der Waals surface area contributed by atoms with Crippen molar-refractivity contribution in [3.05, 3.63) is 82.0 Å². The average Bonchev–Trinajstić information content (AvgIpc) is 2.56. The van der Waals surface area contributed by atoms with Crippen molar-refractivity contribution in [1.29, 1.82) is 0 Å². The Labute approximate surface area is 148 Å². The van der Waals surface area contributed by atoms with E-state index in [-0.39, 0.29) is 5.41 Å². The Hall–Kier alpha value is -1.54. The van der Waals surface area contributed by atoms with Crippen molar-refractivity contribution >= 4 is 15.9 Å². The van der Waals surface area contributed by atoms with Gasteiger partial charge < -0.3 is 4.90 Å². The number of rotatable bonds is 3. The zero-order valence-corrected chi connectivity index (χ0v) is 15.6. The lowest BCUT2D eigenvalue weighted by Crippen LogP contribution is -2.42. The quantitative estimate of drug-likeness (QED) is 0.673. The monoisotopic (exact) mass is 369 g/mol. The second-order valence-corrected chi connectivity index (χ2v) is 7.59. The van der Waals surface area contributed by atoms with Gasteiger partial charge in [0.15, 0.2) is 0 Å². The van der Waals surface area contributed by atoms with E-state index in [2.05, 4.69) is 89.8 Å². The Balaban J connectivity index is 2.02. The second-order valence-electron chi connectivity index (χ2n) is 6.68. The van der Waals surface area contributed by atoms with Crippen LogP contribution >= 0.6 is 15.9 Å². The van der Waals surface area contributed by atoms with Gasteiger partial charge in [-0.25, -0.2) is 0 Å². The molecule has 2 aromatic rings. The molecule has 1 saturated heterocycles. The topological polar surface area (TPSA) is 3.24 Å². The number of aryl methyl sites for hydroxylation is 1. The first-order chi connectivity index (χ1) is 11.0. The van der Waals surface area contributed by atoms with Crippen LogP contribution in [0.1, 0.15) is 36.5 Å². The van der Waals surface area contributed by atoms with E-state index in [0.717, 1.165) is 30.4 Å². The third-order valence-corrected chi connectivity index (χ3v) is 5.69. The van der Waals surface area contributed by atoms with Crippen LogP contribution in [0.15, 0.2) is 65.3 Å². The largest absolute Gasteiger partial charge is 0.375 e. The van der Waals surface area contributed by atoms with Crippen LogP contribution in [0, 0.1) is 6.92 Å². The van der Waals surface area contributed by atoms with Gasteiger partial charge in [0.2, 0.25) is 0 Å². The van der Waals surface area contributed by atoms with E-state index in [4.69, 9.17) is 0 Å². The van der Waals surface area contributed by atoms with E-state index >= 15 is 0 Å². The molecule has 120 valence electrons. The maximum absolute atomic E-state index is 4.11. The lowest BCUT2D eigenvalue weighted by Gasteiger charge is -2.44. The summed E-state index contributed by atoms with van der Waals surface area (Å²) in [5.41, 5.74) is 5.47. The molecule has 0 N–H and O–H groups in total. The number of nitrogens with zero attached hydrogens (tertiary/aromatic N) is 1. The molecule has 0 aliphatic carbocycles. The summed E-state index contributed by atoms with van der Waals surface area (Å²) in [7, 11) is 0. The van der Waals surface area contributed by atoms with Crippen LogP contribution in [-0.2, 0) is 5.41 Å². The van der Waals surface area contributed by atoms with Gasteiger partial charge in [-0.1, -0.05) is 64.5 Å². The van der Waals surface area contributed by atoms with Gasteiger partial charge in [0, 0.05) is 28.7 Å². The Morgan fingerprint density at radius 3 is 1.91 bits per heavy atom. The molecule has 1 aliphatic heterocycles. The number of allylic oxidation sites excluding steroid dienone is 1. The fourth-order valence-electron chi connectivity index (χ4n) is 3.66. The third kappa shape index (κ3) is 3.23. The Bertz CT molecular complexity index is 629. The molecule has 1 nitrogen and oxygen atoms in total. The fraction of sp³-hybridized carbons (Fsp3) is 0.333.